The van der Waals surface area contributed by atoms with Crippen LogP contribution < -0.4 is 20.1 Å². The molecule has 2 N–H and O–H groups in total. The average Bonchev–Trinajstić information content (AvgIpc) is 3.10. The van der Waals surface area contributed by atoms with Gasteiger partial charge >= 0.3 is 0 Å². The van der Waals surface area contributed by atoms with Gasteiger partial charge in [-0.25, -0.2) is 4.98 Å². The minimum atomic E-state index is -0.653. The molecule has 8 heteroatoms. The van der Waals surface area contributed by atoms with Gasteiger partial charge in [-0.3, -0.25) is 9.59 Å². The highest BCUT2D eigenvalue weighted by Crippen LogP contribution is 2.30. The Labute approximate surface area is 193 Å². The van der Waals surface area contributed by atoms with Crippen molar-refractivity contribution in [1.82, 2.24) is 14.9 Å². The summed E-state index contributed by atoms with van der Waals surface area (Å²) >= 11 is 0. The Bertz CT molecular complexity index is 1150. The van der Waals surface area contributed by atoms with E-state index in [-0.39, 0.29) is 18.4 Å². The van der Waals surface area contributed by atoms with Gasteiger partial charge in [0.15, 0.2) is 11.5 Å². The number of hydrogen-bond acceptors (Lipinski definition) is 5. The van der Waals surface area contributed by atoms with Gasteiger partial charge in [-0.1, -0.05) is 26.0 Å². The van der Waals surface area contributed by atoms with E-state index in [1.54, 1.807) is 6.07 Å². The molecule has 1 atom stereocenters. The van der Waals surface area contributed by atoms with Crippen molar-refractivity contribution in [2.45, 2.75) is 39.2 Å². The number of nitrogens with zero attached hydrogens (tertiary/aromatic N) is 2. The summed E-state index contributed by atoms with van der Waals surface area (Å²) in [6.45, 7) is 4.75. The van der Waals surface area contributed by atoms with E-state index in [9.17, 15) is 9.59 Å². The normalized spacial score (nSPS) is 15.0. The molecule has 0 aliphatic carbocycles. The van der Waals surface area contributed by atoms with Crippen LogP contribution >= 0.6 is 0 Å². The molecular weight excluding hydrogens is 420 g/mol. The van der Waals surface area contributed by atoms with Crippen LogP contribution in [-0.4, -0.2) is 40.6 Å². The first-order valence-corrected chi connectivity index (χ1v) is 11.3. The lowest BCUT2D eigenvalue weighted by molar-refractivity contribution is -0.130. The Kier molecular flexibility index (Phi) is 6.82. The van der Waals surface area contributed by atoms with Gasteiger partial charge in [0, 0.05) is 32.1 Å². The standard InChI is InChI=1S/C25H30N4O4/c1-16(2)13-24(30)27-17-10-11-19-18(14-17)28-23(29(19)3)9-6-12-26-25(31)22-15-32-20-7-4-5-8-21(20)33-22/h4-5,7-8,10-11,14,16,22H,6,9,12-13,15H2,1-3H3,(H,26,31)(H,27,30)/t22-/m0/s1. The quantitative estimate of drug-likeness (QED) is 0.513. The predicted octanol–water partition coefficient (Wildman–Crippen LogP) is 3.45. The maximum absolute atomic E-state index is 12.4. The fourth-order valence-electron chi connectivity index (χ4n) is 3.85. The number of amides is 2. The molecule has 0 saturated carbocycles. The van der Waals surface area contributed by atoms with Crippen LogP contribution in [-0.2, 0) is 23.1 Å². The van der Waals surface area contributed by atoms with E-state index in [0.717, 1.165) is 29.0 Å². The van der Waals surface area contributed by atoms with Gasteiger partial charge in [0.05, 0.1) is 11.0 Å². The van der Waals surface area contributed by atoms with Crippen LogP contribution in [0, 0.1) is 5.92 Å². The number of fused-ring (bicyclic) bond motifs is 2. The summed E-state index contributed by atoms with van der Waals surface area (Å²) in [5.41, 5.74) is 2.59. The first-order chi connectivity index (χ1) is 15.9. The van der Waals surface area contributed by atoms with Crippen molar-refractivity contribution in [1.29, 1.82) is 0 Å². The molecule has 174 valence electrons. The van der Waals surface area contributed by atoms with Crippen LogP contribution in [0.5, 0.6) is 11.5 Å². The molecule has 2 aromatic carbocycles. The molecule has 1 aliphatic rings. The van der Waals surface area contributed by atoms with Gasteiger partial charge in [0.1, 0.15) is 12.4 Å². The fraction of sp³-hybridized carbons (Fsp3) is 0.400. The second kappa shape index (κ2) is 9.94. The first-order valence-electron chi connectivity index (χ1n) is 11.3. The molecule has 0 bridgehead atoms. The lowest BCUT2D eigenvalue weighted by atomic mass is 10.1. The molecule has 8 nitrogen and oxygen atoms in total. The van der Waals surface area contributed by atoms with E-state index in [0.29, 0.717) is 36.8 Å². The summed E-state index contributed by atoms with van der Waals surface area (Å²) < 4.78 is 13.4. The molecule has 0 spiro atoms. The number of nitrogens with one attached hydrogen (secondary N) is 2. The Balaban J connectivity index is 1.29. The highest BCUT2D eigenvalue weighted by atomic mass is 16.6. The zero-order valence-corrected chi connectivity index (χ0v) is 19.3. The largest absolute Gasteiger partial charge is 0.485 e. The molecule has 3 aromatic rings. The van der Waals surface area contributed by atoms with Crippen LogP contribution in [0.4, 0.5) is 5.69 Å². The van der Waals surface area contributed by atoms with Crippen LogP contribution in [0.25, 0.3) is 11.0 Å². The highest BCUT2D eigenvalue weighted by molar-refractivity contribution is 5.93. The summed E-state index contributed by atoms with van der Waals surface area (Å²) in [6.07, 6.45) is 1.29. The lowest BCUT2D eigenvalue weighted by Gasteiger charge is -2.25. The summed E-state index contributed by atoms with van der Waals surface area (Å²) in [4.78, 5) is 29.2. The number of carbonyl (C=O) groups is 2. The predicted molar refractivity (Wildman–Crippen MR) is 126 cm³/mol. The number of hydrogen-bond donors (Lipinski definition) is 2. The smallest absolute Gasteiger partial charge is 0.264 e. The third-order valence-electron chi connectivity index (χ3n) is 5.53. The topological polar surface area (TPSA) is 94.5 Å². The minimum absolute atomic E-state index is 0.00656. The number of benzene rings is 2. The van der Waals surface area contributed by atoms with E-state index < -0.39 is 6.10 Å². The third kappa shape index (κ3) is 5.45. The molecule has 0 fully saturated rings. The van der Waals surface area contributed by atoms with Gasteiger partial charge < -0.3 is 24.7 Å². The number of para-hydroxylation sites is 2. The van der Waals surface area contributed by atoms with E-state index >= 15 is 0 Å². The van der Waals surface area contributed by atoms with Gasteiger partial charge in [0.2, 0.25) is 12.0 Å². The Morgan fingerprint density at radius 2 is 1.97 bits per heavy atom. The Morgan fingerprint density at radius 3 is 2.76 bits per heavy atom. The average molecular weight is 451 g/mol. The van der Waals surface area contributed by atoms with Crippen molar-refractivity contribution in [3.05, 3.63) is 48.3 Å². The van der Waals surface area contributed by atoms with E-state index in [4.69, 9.17) is 14.5 Å². The molecule has 1 aliphatic heterocycles. The third-order valence-corrected chi connectivity index (χ3v) is 5.53. The number of anilines is 1. The molecule has 4 rings (SSSR count). The van der Waals surface area contributed by atoms with Crippen LogP contribution in [0.2, 0.25) is 0 Å². The van der Waals surface area contributed by atoms with Gasteiger partial charge in [0.25, 0.3) is 5.91 Å². The lowest BCUT2D eigenvalue weighted by Crippen LogP contribution is -2.44. The van der Waals surface area contributed by atoms with Crippen LogP contribution in [0.1, 0.15) is 32.5 Å². The number of ether oxygens (including phenoxy) is 2. The highest BCUT2D eigenvalue weighted by Gasteiger charge is 2.26. The number of rotatable bonds is 8. The van der Waals surface area contributed by atoms with Crippen molar-refractivity contribution in [3.63, 3.8) is 0 Å². The fourth-order valence-corrected chi connectivity index (χ4v) is 3.85. The number of aromatic nitrogens is 2. The van der Waals surface area contributed by atoms with E-state index in [1.165, 1.54) is 0 Å². The summed E-state index contributed by atoms with van der Waals surface area (Å²) in [6, 6.07) is 13.1. The molecule has 0 unspecified atom stereocenters. The summed E-state index contributed by atoms with van der Waals surface area (Å²) in [5.74, 6) is 2.30. The molecular formula is C25H30N4O4. The van der Waals surface area contributed by atoms with Crippen molar-refractivity contribution < 1.29 is 19.1 Å². The molecule has 1 aromatic heterocycles. The Morgan fingerprint density at radius 1 is 1.18 bits per heavy atom. The monoisotopic (exact) mass is 450 g/mol. The van der Waals surface area contributed by atoms with Gasteiger partial charge in [-0.2, -0.15) is 0 Å². The SMILES string of the molecule is CC(C)CC(=O)Nc1ccc2c(c1)nc(CCCNC(=O)[C@@H]1COc3ccccc3O1)n2C. The van der Waals surface area contributed by atoms with Crippen molar-refractivity contribution in [2.75, 3.05) is 18.5 Å². The number of carbonyl (C=O) groups excluding carboxylic acids is 2. The van der Waals surface area contributed by atoms with Crippen molar-refractivity contribution >= 4 is 28.5 Å². The van der Waals surface area contributed by atoms with Crippen molar-refractivity contribution in [3.8, 4) is 11.5 Å². The molecule has 0 saturated heterocycles. The molecule has 2 amide bonds. The van der Waals surface area contributed by atoms with Crippen LogP contribution in [0.3, 0.4) is 0 Å². The second-order valence-electron chi connectivity index (χ2n) is 8.70. The second-order valence-corrected chi connectivity index (χ2v) is 8.70. The maximum Gasteiger partial charge on any atom is 0.264 e. The zero-order chi connectivity index (χ0) is 23.4. The zero-order valence-electron chi connectivity index (χ0n) is 19.3. The summed E-state index contributed by atoms with van der Waals surface area (Å²) in [7, 11) is 1.98. The minimum Gasteiger partial charge on any atom is -0.485 e. The van der Waals surface area contributed by atoms with E-state index in [2.05, 4.69) is 10.6 Å². The molecule has 2 heterocycles. The summed E-state index contributed by atoms with van der Waals surface area (Å²) in [5, 5.41) is 5.86. The van der Waals surface area contributed by atoms with Crippen LogP contribution in [0.15, 0.2) is 42.5 Å². The Hall–Kier alpha value is -3.55. The molecule has 33 heavy (non-hydrogen) atoms. The van der Waals surface area contributed by atoms with E-state index in [1.807, 2.05) is 61.9 Å². The maximum atomic E-state index is 12.4. The molecule has 0 radical (unpaired) electrons. The van der Waals surface area contributed by atoms with Gasteiger partial charge in [-0.15, -0.1) is 0 Å². The van der Waals surface area contributed by atoms with Crippen molar-refractivity contribution in [2.24, 2.45) is 13.0 Å². The number of imidazole rings is 1. The first kappa shape index (κ1) is 22.6. The number of aryl methyl sites for hydroxylation is 2. The van der Waals surface area contributed by atoms with Gasteiger partial charge in [-0.05, 0) is 42.7 Å².